The van der Waals surface area contributed by atoms with Crippen LogP contribution in [0.25, 0.3) is 0 Å². The van der Waals surface area contributed by atoms with Gasteiger partial charge < -0.3 is 4.89 Å². The molecule has 0 fully saturated rings. The van der Waals surface area contributed by atoms with Gasteiger partial charge in [0, 0.05) is 6.42 Å². The number of hydrogen-bond donors (Lipinski definition) is 2. The van der Waals surface area contributed by atoms with Crippen molar-refractivity contribution in [2.75, 3.05) is 6.61 Å². The van der Waals surface area contributed by atoms with Crippen molar-refractivity contribution >= 4 is 5.97 Å². The summed E-state index contributed by atoms with van der Waals surface area (Å²) in [5, 5.41) is 16.2. The summed E-state index contributed by atoms with van der Waals surface area (Å²) in [7, 11) is 0. The third kappa shape index (κ3) is 17.3. The molecule has 0 aliphatic heterocycles. The van der Waals surface area contributed by atoms with E-state index in [1.807, 2.05) is 0 Å². The fraction of sp³-hybridized carbons (Fsp3) is 0.938. The van der Waals surface area contributed by atoms with E-state index in [0.29, 0.717) is 13.0 Å². The Morgan fingerprint density at radius 1 is 0.619 bits per heavy atom. The van der Waals surface area contributed by atoms with E-state index in [9.17, 15) is 4.79 Å². The highest BCUT2D eigenvalue weighted by Crippen LogP contribution is 2.13. The first-order valence-electron chi connectivity index (χ1n) is 8.42. The number of carbonyl (C=O) groups is 1. The van der Waals surface area contributed by atoms with Gasteiger partial charge in [-0.25, -0.2) is 9.68 Å². The molecule has 0 aliphatic rings. The highest BCUT2D eigenvalue weighted by atomic mass is 17.1. The van der Waals surface area contributed by atoms with Crippen LogP contribution in [0.5, 0.6) is 0 Å². The lowest BCUT2D eigenvalue weighted by molar-refractivity contribution is -0.242. The normalized spacial score (nSPS) is 10.8. The SMILES string of the molecule is O=C(CCCCCCCCCCCCCCCOO)OO. The van der Waals surface area contributed by atoms with Crippen LogP contribution >= 0.6 is 0 Å². The molecule has 2 N–H and O–H groups in total. The Labute approximate surface area is 128 Å². The molecule has 0 saturated carbocycles. The smallest absolute Gasteiger partial charge is 0.301 e. The maximum Gasteiger partial charge on any atom is 0.342 e. The van der Waals surface area contributed by atoms with Crippen LogP contribution in [-0.4, -0.2) is 23.1 Å². The summed E-state index contributed by atoms with van der Waals surface area (Å²) in [6.07, 6.45) is 15.7. The van der Waals surface area contributed by atoms with Gasteiger partial charge in [-0.05, 0) is 12.8 Å². The molecule has 0 saturated heterocycles. The van der Waals surface area contributed by atoms with Crippen LogP contribution in [0, 0.1) is 0 Å². The Hall–Kier alpha value is -0.650. The second kappa shape index (κ2) is 17.4. The van der Waals surface area contributed by atoms with Crippen molar-refractivity contribution in [1.82, 2.24) is 0 Å². The molecule has 0 heterocycles. The van der Waals surface area contributed by atoms with Gasteiger partial charge in [-0.3, -0.25) is 5.26 Å². The molecule has 0 bridgehead atoms. The van der Waals surface area contributed by atoms with E-state index in [0.717, 1.165) is 32.1 Å². The van der Waals surface area contributed by atoms with E-state index >= 15 is 0 Å². The maximum absolute atomic E-state index is 10.7. The van der Waals surface area contributed by atoms with Gasteiger partial charge in [-0.2, -0.15) is 5.26 Å². The van der Waals surface area contributed by atoms with Gasteiger partial charge in [0.1, 0.15) is 0 Å². The van der Waals surface area contributed by atoms with Gasteiger partial charge in [-0.1, -0.05) is 70.6 Å². The van der Waals surface area contributed by atoms with E-state index in [1.165, 1.54) is 51.4 Å². The van der Waals surface area contributed by atoms with Gasteiger partial charge in [0.2, 0.25) is 0 Å². The third-order valence-corrected chi connectivity index (χ3v) is 3.72. The molecule has 0 aromatic rings. The minimum atomic E-state index is -0.529. The maximum atomic E-state index is 10.7. The lowest BCUT2D eigenvalue weighted by Crippen LogP contribution is -1.99. The van der Waals surface area contributed by atoms with Crippen LogP contribution in [0.1, 0.15) is 89.9 Å². The van der Waals surface area contributed by atoms with Gasteiger partial charge in [-0.15, -0.1) is 0 Å². The minimum Gasteiger partial charge on any atom is -0.301 e. The second-order valence-electron chi connectivity index (χ2n) is 5.64. The molecule has 0 atom stereocenters. The predicted octanol–water partition coefficient (Wildman–Crippen LogP) is 4.95. The summed E-state index contributed by atoms with van der Waals surface area (Å²) >= 11 is 0. The number of carbonyl (C=O) groups excluding carboxylic acids is 1. The fourth-order valence-electron chi connectivity index (χ4n) is 2.43. The quantitative estimate of drug-likeness (QED) is 0.239. The first-order valence-corrected chi connectivity index (χ1v) is 8.42. The average molecular weight is 304 g/mol. The highest BCUT2D eigenvalue weighted by molar-refractivity contribution is 5.68. The van der Waals surface area contributed by atoms with Crippen LogP contribution in [0.3, 0.4) is 0 Å². The van der Waals surface area contributed by atoms with Crippen LogP contribution in [0.15, 0.2) is 0 Å². The predicted molar refractivity (Wildman–Crippen MR) is 81.9 cm³/mol. The largest absolute Gasteiger partial charge is 0.342 e. The molecule has 0 radical (unpaired) electrons. The molecule has 21 heavy (non-hydrogen) atoms. The second-order valence-corrected chi connectivity index (χ2v) is 5.64. The molecule has 0 aliphatic carbocycles. The Morgan fingerprint density at radius 2 is 1.00 bits per heavy atom. The fourth-order valence-corrected chi connectivity index (χ4v) is 2.43. The van der Waals surface area contributed by atoms with Crippen molar-refractivity contribution < 1.29 is 25.1 Å². The summed E-state index contributed by atoms with van der Waals surface area (Å²) in [6, 6.07) is 0. The molecule has 0 aromatic heterocycles. The van der Waals surface area contributed by atoms with Crippen molar-refractivity contribution in [3.05, 3.63) is 0 Å². The monoisotopic (exact) mass is 304 g/mol. The highest BCUT2D eigenvalue weighted by Gasteiger charge is 2.00. The number of hydrogen-bond acceptors (Lipinski definition) is 5. The molecular formula is C16H32O5. The summed E-state index contributed by atoms with van der Waals surface area (Å²) < 4.78 is 0. The third-order valence-electron chi connectivity index (χ3n) is 3.72. The summed E-state index contributed by atoms with van der Waals surface area (Å²) in [6.45, 7) is 0.460. The average Bonchev–Trinajstić information content (AvgIpc) is 2.50. The van der Waals surface area contributed by atoms with Crippen LogP contribution in [-0.2, 0) is 14.6 Å². The molecular weight excluding hydrogens is 272 g/mol. The molecule has 0 rings (SSSR count). The van der Waals surface area contributed by atoms with E-state index in [2.05, 4.69) is 9.78 Å². The van der Waals surface area contributed by atoms with Crippen molar-refractivity contribution in [1.29, 1.82) is 0 Å². The lowest BCUT2D eigenvalue weighted by Gasteiger charge is -2.03. The summed E-state index contributed by atoms with van der Waals surface area (Å²) in [5.41, 5.74) is 0. The van der Waals surface area contributed by atoms with Gasteiger partial charge in [0.15, 0.2) is 0 Å². The Kier molecular flexibility index (Phi) is 16.9. The lowest BCUT2D eigenvalue weighted by atomic mass is 10.0. The molecule has 5 heteroatoms. The topological polar surface area (TPSA) is 76.0 Å². The standard InChI is InChI=1S/C16H32O5/c17-16(21-19)14-12-10-8-6-4-2-1-3-5-7-9-11-13-15-20-18/h18-19H,1-15H2. The molecule has 0 unspecified atom stereocenters. The van der Waals surface area contributed by atoms with E-state index in [-0.39, 0.29) is 0 Å². The Bertz CT molecular complexity index is 221. The first kappa shape index (κ1) is 20.3. The van der Waals surface area contributed by atoms with Crippen molar-refractivity contribution in [3.63, 3.8) is 0 Å². The van der Waals surface area contributed by atoms with Crippen LogP contribution in [0.2, 0.25) is 0 Å². The zero-order valence-electron chi connectivity index (χ0n) is 13.2. The van der Waals surface area contributed by atoms with E-state index < -0.39 is 5.97 Å². The van der Waals surface area contributed by atoms with Gasteiger partial charge >= 0.3 is 5.97 Å². The summed E-state index contributed by atoms with van der Waals surface area (Å²) in [5.74, 6) is -0.529. The van der Waals surface area contributed by atoms with E-state index in [1.54, 1.807) is 0 Å². The Morgan fingerprint density at radius 3 is 1.38 bits per heavy atom. The van der Waals surface area contributed by atoms with Crippen molar-refractivity contribution in [2.45, 2.75) is 89.9 Å². The number of unbranched alkanes of at least 4 members (excludes halogenated alkanes) is 12. The number of rotatable bonds is 16. The molecule has 126 valence electrons. The zero-order chi connectivity index (χ0) is 15.6. The van der Waals surface area contributed by atoms with Crippen LogP contribution in [0.4, 0.5) is 0 Å². The summed E-state index contributed by atoms with van der Waals surface area (Å²) in [4.78, 5) is 18.3. The molecule has 0 amide bonds. The molecule has 0 aromatic carbocycles. The van der Waals surface area contributed by atoms with Crippen LogP contribution < -0.4 is 0 Å². The van der Waals surface area contributed by atoms with Crippen molar-refractivity contribution in [2.24, 2.45) is 0 Å². The Balaban J connectivity index is 2.98. The van der Waals surface area contributed by atoms with Gasteiger partial charge in [0.05, 0.1) is 6.61 Å². The van der Waals surface area contributed by atoms with E-state index in [4.69, 9.17) is 10.5 Å². The first-order chi connectivity index (χ1) is 10.3. The van der Waals surface area contributed by atoms with Gasteiger partial charge in [0.25, 0.3) is 0 Å². The minimum absolute atomic E-state index is 0.320. The zero-order valence-corrected chi connectivity index (χ0v) is 13.2. The van der Waals surface area contributed by atoms with Crippen molar-refractivity contribution in [3.8, 4) is 0 Å². The molecule has 5 nitrogen and oxygen atoms in total. The molecule has 0 spiro atoms.